The van der Waals surface area contributed by atoms with E-state index in [1.54, 1.807) is 0 Å². The molecule has 20 heavy (non-hydrogen) atoms. The number of aromatic amines is 1. The van der Waals surface area contributed by atoms with Crippen LogP contribution in [0.15, 0.2) is 18.2 Å². The summed E-state index contributed by atoms with van der Waals surface area (Å²) in [5, 5.41) is 13.9. The Hall–Kier alpha value is -1.43. The van der Waals surface area contributed by atoms with Gasteiger partial charge in [-0.1, -0.05) is 6.07 Å². The lowest BCUT2D eigenvalue weighted by Gasteiger charge is -2.35. The number of benzene rings is 1. The number of nitrogens with one attached hydrogen (secondary N) is 2. The molecule has 1 aromatic carbocycles. The van der Waals surface area contributed by atoms with E-state index in [2.05, 4.69) is 27.1 Å². The van der Waals surface area contributed by atoms with Gasteiger partial charge in [0.1, 0.15) is 5.82 Å². The van der Waals surface area contributed by atoms with E-state index in [0.717, 1.165) is 48.6 Å². The Morgan fingerprint density at radius 2 is 2.05 bits per heavy atom. The van der Waals surface area contributed by atoms with Crippen molar-refractivity contribution in [3.63, 3.8) is 0 Å². The molecule has 5 heteroatoms. The summed E-state index contributed by atoms with van der Waals surface area (Å²) in [5.74, 6) is 0.904. The van der Waals surface area contributed by atoms with E-state index in [4.69, 9.17) is 0 Å². The van der Waals surface area contributed by atoms with E-state index >= 15 is 0 Å². The van der Waals surface area contributed by atoms with Crippen LogP contribution in [0.5, 0.6) is 0 Å². The van der Waals surface area contributed by atoms with Crippen molar-refractivity contribution in [2.75, 3.05) is 26.2 Å². The van der Waals surface area contributed by atoms with Crippen molar-refractivity contribution in [3.8, 4) is 0 Å². The van der Waals surface area contributed by atoms with Gasteiger partial charge in [0.15, 0.2) is 0 Å². The predicted octanol–water partition coefficient (Wildman–Crippen LogP) is 1.20. The van der Waals surface area contributed by atoms with E-state index in [1.807, 2.05) is 25.1 Å². The molecule has 108 valence electrons. The lowest BCUT2D eigenvalue weighted by atomic mass is 10.0. The molecule has 2 heterocycles. The number of hydrogen-bond donors (Lipinski definition) is 3. The third-order valence-corrected chi connectivity index (χ3v) is 4.15. The van der Waals surface area contributed by atoms with Crippen molar-refractivity contribution in [2.24, 2.45) is 0 Å². The first-order valence-corrected chi connectivity index (χ1v) is 7.24. The fourth-order valence-electron chi connectivity index (χ4n) is 2.91. The second-order valence-electron chi connectivity index (χ2n) is 5.57. The molecule has 1 aromatic heterocycles. The number of aliphatic hydroxyl groups excluding tert-OH is 1. The number of nitrogens with zero attached hydrogens (tertiary/aromatic N) is 2. The van der Waals surface area contributed by atoms with Crippen LogP contribution >= 0.6 is 0 Å². The molecule has 0 saturated carbocycles. The van der Waals surface area contributed by atoms with Gasteiger partial charge in [-0.15, -0.1) is 0 Å². The van der Waals surface area contributed by atoms with Gasteiger partial charge >= 0.3 is 0 Å². The normalized spacial score (nSPS) is 20.1. The number of aromatic nitrogens is 2. The third kappa shape index (κ3) is 2.57. The molecule has 3 N–H and O–H groups in total. The van der Waals surface area contributed by atoms with Crippen molar-refractivity contribution in [1.82, 2.24) is 20.2 Å². The Balaban J connectivity index is 1.81. The summed E-state index contributed by atoms with van der Waals surface area (Å²) in [7, 11) is 0. The minimum atomic E-state index is -0.471. The first-order chi connectivity index (χ1) is 9.65. The van der Waals surface area contributed by atoms with Crippen molar-refractivity contribution in [2.45, 2.75) is 26.0 Å². The molecule has 1 aliphatic rings. The fourth-order valence-corrected chi connectivity index (χ4v) is 2.91. The number of imidazole rings is 1. The van der Waals surface area contributed by atoms with Gasteiger partial charge in [0.25, 0.3) is 0 Å². The molecule has 0 amide bonds. The minimum Gasteiger partial charge on any atom is -0.387 e. The van der Waals surface area contributed by atoms with Crippen LogP contribution in [0, 0.1) is 6.92 Å². The Morgan fingerprint density at radius 1 is 1.30 bits per heavy atom. The molecule has 1 aliphatic heterocycles. The molecular formula is C15H22N4O. The number of H-pyrrole nitrogens is 1. The summed E-state index contributed by atoms with van der Waals surface area (Å²) in [4.78, 5) is 9.96. The molecule has 3 rings (SSSR count). The van der Waals surface area contributed by atoms with E-state index in [9.17, 15) is 5.11 Å². The first-order valence-electron chi connectivity index (χ1n) is 7.24. The first kappa shape index (κ1) is 13.5. The molecule has 2 unspecified atom stereocenters. The van der Waals surface area contributed by atoms with E-state index in [-0.39, 0.29) is 6.04 Å². The van der Waals surface area contributed by atoms with Crippen LogP contribution in [0.25, 0.3) is 11.0 Å². The van der Waals surface area contributed by atoms with Crippen LogP contribution in [0.4, 0.5) is 0 Å². The largest absolute Gasteiger partial charge is 0.387 e. The van der Waals surface area contributed by atoms with Gasteiger partial charge in [0, 0.05) is 32.2 Å². The highest BCUT2D eigenvalue weighted by molar-refractivity contribution is 5.75. The van der Waals surface area contributed by atoms with Crippen LogP contribution in [0.1, 0.15) is 24.4 Å². The summed E-state index contributed by atoms with van der Waals surface area (Å²) in [6, 6.07) is 6.09. The zero-order chi connectivity index (χ0) is 14.1. The van der Waals surface area contributed by atoms with Crippen LogP contribution in [0.2, 0.25) is 0 Å². The smallest absolute Gasteiger partial charge is 0.104 e. The van der Waals surface area contributed by atoms with Crippen molar-refractivity contribution in [3.05, 3.63) is 29.6 Å². The zero-order valence-corrected chi connectivity index (χ0v) is 12.1. The monoisotopic (exact) mass is 274 g/mol. The number of hydrogen-bond acceptors (Lipinski definition) is 4. The number of piperazine rings is 1. The summed E-state index contributed by atoms with van der Waals surface area (Å²) in [6.07, 6.45) is -0.471. The molecule has 0 bridgehead atoms. The summed E-state index contributed by atoms with van der Waals surface area (Å²) >= 11 is 0. The zero-order valence-electron chi connectivity index (χ0n) is 12.1. The highest BCUT2D eigenvalue weighted by Crippen LogP contribution is 2.24. The van der Waals surface area contributed by atoms with E-state index in [0.29, 0.717) is 0 Å². The summed E-state index contributed by atoms with van der Waals surface area (Å²) < 4.78 is 0. The van der Waals surface area contributed by atoms with Gasteiger partial charge in [-0.3, -0.25) is 4.90 Å². The van der Waals surface area contributed by atoms with Crippen LogP contribution < -0.4 is 5.32 Å². The quantitative estimate of drug-likeness (QED) is 0.787. The van der Waals surface area contributed by atoms with Crippen LogP contribution in [-0.4, -0.2) is 52.2 Å². The van der Waals surface area contributed by atoms with Crippen LogP contribution in [-0.2, 0) is 0 Å². The highest BCUT2D eigenvalue weighted by atomic mass is 16.3. The average Bonchev–Trinajstić information content (AvgIpc) is 2.85. The number of fused-ring (bicyclic) bond motifs is 1. The van der Waals surface area contributed by atoms with Gasteiger partial charge in [-0.05, 0) is 31.5 Å². The minimum absolute atomic E-state index is 0.124. The van der Waals surface area contributed by atoms with Gasteiger partial charge in [-0.2, -0.15) is 0 Å². The maximum atomic E-state index is 10.6. The lowest BCUT2D eigenvalue weighted by Crippen LogP contribution is -2.49. The molecule has 1 saturated heterocycles. The SMILES string of the molecule is Cc1nc2ccc(C(O)C(C)N3CCNCC3)cc2[nH]1. The number of rotatable bonds is 3. The molecule has 0 radical (unpaired) electrons. The molecule has 2 aromatic rings. The maximum absolute atomic E-state index is 10.6. The summed E-state index contributed by atoms with van der Waals surface area (Å²) in [5.41, 5.74) is 2.90. The van der Waals surface area contributed by atoms with Crippen LogP contribution in [0.3, 0.4) is 0 Å². The predicted molar refractivity (Wildman–Crippen MR) is 79.7 cm³/mol. The Labute approximate surface area is 119 Å². The highest BCUT2D eigenvalue weighted by Gasteiger charge is 2.24. The van der Waals surface area contributed by atoms with Crippen molar-refractivity contribution < 1.29 is 5.11 Å². The third-order valence-electron chi connectivity index (χ3n) is 4.15. The molecule has 2 atom stereocenters. The Morgan fingerprint density at radius 3 is 2.80 bits per heavy atom. The van der Waals surface area contributed by atoms with Crippen molar-refractivity contribution >= 4 is 11.0 Å². The maximum Gasteiger partial charge on any atom is 0.104 e. The van der Waals surface area contributed by atoms with E-state index < -0.39 is 6.10 Å². The lowest BCUT2D eigenvalue weighted by molar-refractivity contribution is 0.0511. The molecule has 1 fully saturated rings. The average molecular weight is 274 g/mol. The second-order valence-corrected chi connectivity index (χ2v) is 5.57. The van der Waals surface area contributed by atoms with Gasteiger partial charge in [0.2, 0.25) is 0 Å². The summed E-state index contributed by atoms with van der Waals surface area (Å²) in [6.45, 7) is 8.01. The Bertz CT molecular complexity index is 589. The molecular weight excluding hydrogens is 252 g/mol. The van der Waals surface area contributed by atoms with Crippen molar-refractivity contribution in [1.29, 1.82) is 0 Å². The van der Waals surface area contributed by atoms with E-state index in [1.165, 1.54) is 0 Å². The second kappa shape index (κ2) is 5.52. The topological polar surface area (TPSA) is 64.2 Å². The van der Waals surface area contributed by atoms with Gasteiger partial charge in [0.05, 0.1) is 17.1 Å². The molecule has 5 nitrogen and oxygen atoms in total. The number of aliphatic hydroxyl groups is 1. The Kier molecular flexibility index (Phi) is 3.74. The molecule has 0 spiro atoms. The van der Waals surface area contributed by atoms with Gasteiger partial charge < -0.3 is 15.4 Å². The fraction of sp³-hybridized carbons (Fsp3) is 0.533. The standard InChI is InChI=1S/C15H22N4O/c1-10(19-7-5-16-6-8-19)15(20)12-3-4-13-14(9-12)18-11(2)17-13/h3-4,9-10,15-16,20H,5-8H2,1-2H3,(H,17,18). The molecule has 0 aliphatic carbocycles. The van der Waals surface area contributed by atoms with Gasteiger partial charge in [-0.25, -0.2) is 4.98 Å². The number of aryl methyl sites for hydroxylation is 1.